The molecule has 0 bridgehead atoms. The van der Waals surface area contributed by atoms with Gasteiger partial charge in [-0.05, 0) is 13.0 Å². The smallest absolute Gasteiger partial charge is 0.109 e. The van der Waals surface area contributed by atoms with Crippen molar-refractivity contribution in [2.45, 2.75) is 44.1 Å². The van der Waals surface area contributed by atoms with Crippen molar-refractivity contribution in [2.75, 3.05) is 19.7 Å². The summed E-state index contributed by atoms with van der Waals surface area (Å²) in [5, 5.41) is 37.8. The van der Waals surface area contributed by atoms with Gasteiger partial charge in [0.15, 0.2) is 0 Å². The number of rotatable bonds is 4. The van der Waals surface area contributed by atoms with Crippen molar-refractivity contribution < 1.29 is 20.4 Å². The molecule has 1 saturated heterocycles. The summed E-state index contributed by atoms with van der Waals surface area (Å²) in [6, 6.07) is -0.463. The van der Waals surface area contributed by atoms with Crippen molar-refractivity contribution in [3.63, 3.8) is 0 Å². The van der Waals surface area contributed by atoms with E-state index in [0.29, 0.717) is 6.54 Å². The number of aliphatic hydroxyl groups is 4. The minimum Gasteiger partial charge on any atom is -0.395 e. The Bertz CT molecular complexity index is 190. The van der Waals surface area contributed by atoms with Crippen molar-refractivity contribution in [3.8, 4) is 0 Å². The van der Waals surface area contributed by atoms with Crippen LogP contribution in [-0.4, -0.2) is 69.4 Å². The van der Waals surface area contributed by atoms with Crippen LogP contribution in [0.5, 0.6) is 0 Å². The molecule has 3 unspecified atom stereocenters. The van der Waals surface area contributed by atoms with Gasteiger partial charge in [0.25, 0.3) is 0 Å². The maximum atomic E-state index is 9.67. The highest BCUT2D eigenvalue weighted by Gasteiger charge is 2.40. The number of nitrogens with zero attached hydrogens (tertiary/aromatic N) is 1. The van der Waals surface area contributed by atoms with Gasteiger partial charge >= 0.3 is 0 Å². The van der Waals surface area contributed by atoms with Gasteiger partial charge < -0.3 is 20.4 Å². The molecule has 1 fully saturated rings. The van der Waals surface area contributed by atoms with Gasteiger partial charge in [-0.3, -0.25) is 4.90 Å². The van der Waals surface area contributed by atoms with E-state index in [1.165, 1.54) is 0 Å². The summed E-state index contributed by atoms with van der Waals surface area (Å²) in [5.74, 6) is 0. The Morgan fingerprint density at radius 1 is 1.20 bits per heavy atom. The summed E-state index contributed by atoms with van der Waals surface area (Å²) < 4.78 is 0. The molecule has 1 aliphatic heterocycles. The minimum absolute atomic E-state index is 0.200. The maximum absolute atomic E-state index is 9.67. The average molecular weight is 219 g/mol. The van der Waals surface area contributed by atoms with Crippen LogP contribution in [-0.2, 0) is 0 Å². The van der Waals surface area contributed by atoms with Gasteiger partial charge in [-0.15, -0.1) is 0 Å². The molecule has 1 rings (SSSR count). The first-order valence-corrected chi connectivity index (χ1v) is 5.51. The van der Waals surface area contributed by atoms with Gasteiger partial charge in [0.2, 0.25) is 0 Å². The number of likely N-dealkylation sites (tertiary alicyclic amines) is 1. The predicted molar refractivity (Wildman–Crippen MR) is 55.4 cm³/mol. The second-order valence-electron chi connectivity index (χ2n) is 4.15. The normalized spacial score (nSPS) is 38.2. The molecule has 0 aromatic carbocycles. The summed E-state index contributed by atoms with van der Waals surface area (Å²) in [7, 11) is 0. The third-order valence-electron chi connectivity index (χ3n) is 3.01. The van der Waals surface area contributed by atoms with Gasteiger partial charge in [0, 0.05) is 6.54 Å². The van der Waals surface area contributed by atoms with E-state index in [1.807, 2.05) is 4.90 Å². The van der Waals surface area contributed by atoms with Crippen molar-refractivity contribution in [1.29, 1.82) is 0 Å². The lowest BCUT2D eigenvalue weighted by Gasteiger charge is -2.43. The molecule has 0 aromatic rings. The Morgan fingerprint density at radius 2 is 1.87 bits per heavy atom. The third kappa shape index (κ3) is 2.89. The monoisotopic (exact) mass is 219 g/mol. The van der Waals surface area contributed by atoms with Crippen LogP contribution in [0.3, 0.4) is 0 Å². The number of unbranched alkanes of at least 4 members (excludes halogenated alkanes) is 1. The summed E-state index contributed by atoms with van der Waals surface area (Å²) >= 11 is 0. The molecule has 4 N–H and O–H groups in total. The Labute approximate surface area is 90.0 Å². The van der Waals surface area contributed by atoms with E-state index in [0.717, 1.165) is 19.4 Å². The molecular weight excluding hydrogens is 198 g/mol. The number of β-amino-alcohol motifs (C(OH)–C–C–N with tert-alkyl or cyclic N) is 1. The molecule has 1 heterocycles. The maximum Gasteiger partial charge on any atom is 0.109 e. The zero-order valence-electron chi connectivity index (χ0n) is 9.08. The zero-order chi connectivity index (χ0) is 11.4. The van der Waals surface area contributed by atoms with Crippen LogP contribution >= 0.6 is 0 Å². The fourth-order valence-corrected chi connectivity index (χ4v) is 2.00. The van der Waals surface area contributed by atoms with Crippen LogP contribution in [0.2, 0.25) is 0 Å². The summed E-state index contributed by atoms with van der Waals surface area (Å²) in [4.78, 5) is 1.84. The number of piperidine rings is 1. The van der Waals surface area contributed by atoms with Crippen LogP contribution in [0.1, 0.15) is 19.8 Å². The lowest BCUT2D eigenvalue weighted by molar-refractivity contribution is -0.145. The first-order valence-electron chi connectivity index (χ1n) is 5.51. The van der Waals surface area contributed by atoms with Crippen LogP contribution in [0.4, 0.5) is 0 Å². The van der Waals surface area contributed by atoms with Gasteiger partial charge in [0.1, 0.15) is 12.2 Å². The van der Waals surface area contributed by atoms with Gasteiger partial charge in [0.05, 0.1) is 18.8 Å². The van der Waals surface area contributed by atoms with Crippen LogP contribution < -0.4 is 0 Å². The quantitative estimate of drug-likeness (QED) is 0.465. The Hall–Kier alpha value is -0.200. The Balaban J connectivity index is 2.60. The molecule has 90 valence electrons. The van der Waals surface area contributed by atoms with Crippen molar-refractivity contribution in [1.82, 2.24) is 4.90 Å². The van der Waals surface area contributed by atoms with Crippen LogP contribution in [0, 0.1) is 0 Å². The van der Waals surface area contributed by atoms with E-state index >= 15 is 0 Å². The summed E-state index contributed by atoms with van der Waals surface area (Å²) in [5.41, 5.74) is 0. The second-order valence-corrected chi connectivity index (χ2v) is 4.15. The highest BCUT2D eigenvalue weighted by Crippen LogP contribution is 2.19. The zero-order valence-corrected chi connectivity index (χ0v) is 9.08. The number of hydrogen-bond acceptors (Lipinski definition) is 5. The average Bonchev–Trinajstić information content (AvgIpc) is 2.23. The Kier molecular flexibility index (Phi) is 4.95. The van der Waals surface area contributed by atoms with E-state index in [4.69, 9.17) is 5.11 Å². The summed E-state index contributed by atoms with van der Waals surface area (Å²) in [6.45, 7) is 2.89. The molecule has 0 radical (unpaired) electrons. The topological polar surface area (TPSA) is 84.2 Å². The first-order chi connectivity index (χ1) is 7.11. The highest BCUT2D eigenvalue weighted by molar-refractivity contribution is 4.93. The number of aliphatic hydroxyl groups excluding tert-OH is 4. The fourth-order valence-electron chi connectivity index (χ4n) is 2.00. The third-order valence-corrected chi connectivity index (χ3v) is 3.01. The molecule has 15 heavy (non-hydrogen) atoms. The molecule has 0 saturated carbocycles. The molecule has 0 aliphatic carbocycles. The van der Waals surface area contributed by atoms with E-state index in [2.05, 4.69) is 6.92 Å². The van der Waals surface area contributed by atoms with Gasteiger partial charge in [-0.1, -0.05) is 13.3 Å². The van der Waals surface area contributed by atoms with Crippen LogP contribution in [0.25, 0.3) is 0 Å². The summed E-state index contributed by atoms with van der Waals surface area (Å²) in [6.07, 6.45) is -1.19. The molecule has 0 aromatic heterocycles. The van der Waals surface area contributed by atoms with E-state index in [1.54, 1.807) is 0 Å². The standard InChI is InChI=1S/C10H21NO4/c1-2-3-4-11-5-8(13)10(15)9(14)7(11)6-12/h7-10,12-15H,2-6H2,1H3/t7?,8?,9?,10-/m1/s1. The fraction of sp³-hybridized carbons (Fsp3) is 1.00. The van der Waals surface area contributed by atoms with Crippen molar-refractivity contribution >= 4 is 0 Å². The molecule has 5 heteroatoms. The number of hydrogen-bond donors (Lipinski definition) is 4. The first kappa shape index (κ1) is 12.9. The second kappa shape index (κ2) is 5.77. The Morgan fingerprint density at radius 3 is 2.40 bits per heavy atom. The SMILES string of the molecule is CCCCN1CC(O)[C@@H](O)C(O)C1CO. The molecule has 0 spiro atoms. The predicted octanol–water partition coefficient (Wildman–Crippen LogP) is -1.45. The lowest BCUT2D eigenvalue weighted by Crippen LogP contribution is -2.62. The van der Waals surface area contributed by atoms with Crippen LogP contribution in [0.15, 0.2) is 0 Å². The van der Waals surface area contributed by atoms with E-state index in [9.17, 15) is 15.3 Å². The van der Waals surface area contributed by atoms with Gasteiger partial charge in [-0.25, -0.2) is 0 Å². The van der Waals surface area contributed by atoms with Crippen molar-refractivity contribution in [2.24, 2.45) is 0 Å². The minimum atomic E-state index is -1.15. The van der Waals surface area contributed by atoms with E-state index in [-0.39, 0.29) is 6.61 Å². The van der Waals surface area contributed by atoms with Gasteiger partial charge in [-0.2, -0.15) is 0 Å². The largest absolute Gasteiger partial charge is 0.395 e. The molecule has 5 nitrogen and oxygen atoms in total. The highest BCUT2D eigenvalue weighted by atomic mass is 16.4. The van der Waals surface area contributed by atoms with Crippen molar-refractivity contribution in [3.05, 3.63) is 0 Å². The molecular formula is C10H21NO4. The van der Waals surface area contributed by atoms with E-state index < -0.39 is 24.4 Å². The molecule has 1 aliphatic rings. The molecule has 4 atom stereocenters. The lowest BCUT2D eigenvalue weighted by atomic mass is 9.94. The molecule has 0 amide bonds.